The van der Waals surface area contributed by atoms with Crippen molar-refractivity contribution < 1.29 is 29.7 Å². The molecule has 0 fully saturated rings. The third kappa shape index (κ3) is 10.1. The molecule has 0 heterocycles. The quantitative estimate of drug-likeness (QED) is 0.351. The summed E-state index contributed by atoms with van der Waals surface area (Å²) in [6, 6.07) is 0. The minimum Gasteiger partial charge on any atom is -0.414 e. The number of hydrogen-bond donors (Lipinski definition) is 2. The van der Waals surface area contributed by atoms with Gasteiger partial charge in [0.15, 0.2) is 0 Å². The fourth-order valence-corrected chi connectivity index (χ4v) is 1.14. The van der Waals surface area contributed by atoms with Crippen molar-refractivity contribution in [2.24, 2.45) is 0 Å². The van der Waals surface area contributed by atoms with Crippen LogP contribution >= 0.6 is 0 Å². The molecule has 0 bridgehead atoms. The molecule has 100 valence electrons. The molecule has 0 aromatic heterocycles. The molecule has 0 aliphatic carbocycles. The molecule has 16 heavy (non-hydrogen) atoms. The molecule has 0 aliphatic rings. The molecule has 0 saturated heterocycles. The van der Waals surface area contributed by atoms with Crippen LogP contribution in [0.1, 0.15) is 6.92 Å². The second-order valence-corrected chi connectivity index (χ2v) is 4.89. The zero-order valence-corrected chi connectivity index (χ0v) is 9.81. The lowest BCUT2D eigenvalue weighted by atomic mass is 10.7. The fraction of sp³-hybridized carbons (Fsp3) is 1.00. The van der Waals surface area contributed by atoms with E-state index in [1.54, 1.807) is 6.92 Å². The highest BCUT2D eigenvalue weighted by molar-refractivity contribution is 7.92. The molecule has 0 aliphatic heterocycles. The molecule has 5 nitrogen and oxygen atoms in total. The van der Waals surface area contributed by atoms with Gasteiger partial charge in [0.2, 0.25) is 9.84 Å². The summed E-state index contributed by atoms with van der Waals surface area (Å²) in [6.45, 7) is 1.96. The van der Waals surface area contributed by atoms with Crippen molar-refractivity contribution in [2.75, 3.05) is 18.8 Å². The van der Waals surface area contributed by atoms with E-state index >= 15 is 0 Å². The molecule has 0 radical (unpaired) electrons. The fourth-order valence-electron chi connectivity index (χ4n) is 0.499. The minimum atomic E-state index is -5.12. The number of halogens is 4. The van der Waals surface area contributed by atoms with Crippen LogP contribution in [0, 0.1) is 4.78 Å². The molecule has 0 saturated carbocycles. The SMILES string of the molecule is CCNCCS(=O)(=O)C(F)(F)F.N=[S-](=O)F. The van der Waals surface area contributed by atoms with Gasteiger partial charge in [-0.2, -0.15) is 13.2 Å². The van der Waals surface area contributed by atoms with Crippen LogP contribution in [-0.4, -0.2) is 32.8 Å². The lowest BCUT2D eigenvalue weighted by Crippen LogP contribution is -2.31. The molecule has 0 amide bonds. The second kappa shape index (κ2) is 7.79. The van der Waals surface area contributed by atoms with Gasteiger partial charge in [0.25, 0.3) is 0 Å². The summed E-state index contributed by atoms with van der Waals surface area (Å²) in [4.78, 5) is 0. The Labute approximate surface area is 92.4 Å². The van der Waals surface area contributed by atoms with Gasteiger partial charge in [-0.3, -0.25) is 0 Å². The number of rotatable bonds is 4. The van der Waals surface area contributed by atoms with Gasteiger partial charge in [0.05, 0.1) is 5.75 Å². The van der Waals surface area contributed by atoms with Crippen LogP contribution < -0.4 is 5.32 Å². The zero-order valence-electron chi connectivity index (χ0n) is 8.17. The Kier molecular flexibility index (Phi) is 8.74. The van der Waals surface area contributed by atoms with Crippen LogP contribution in [0.5, 0.6) is 0 Å². The molecular weight excluding hydrogens is 276 g/mol. The summed E-state index contributed by atoms with van der Waals surface area (Å²) >= 11 is 0. The van der Waals surface area contributed by atoms with Gasteiger partial charge in [-0.05, 0) is 17.5 Å². The molecule has 0 rings (SSSR count). The van der Waals surface area contributed by atoms with E-state index in [9.17, 15) is 25.5 Å². The topological polar surface area (TPSA) is 87.1 Å². The van der Waals surface area contributed by atoms with Crippen LogP contribution in [0.2, 0.25) is 0 Å². The summed E-state index contributed by atoms with van der Waals surface area (Å²) in [5, 5.41) is 2.50. The molecular formula is C5H11F4N2O3S2-. The zero-order chi connectivity index (χ0) is 13.4. The number of alkyl halides is 3. The van der Waals surface area contributed by atoms with Crippen molar-refractivity contribution in [2.45, 2.75) is 12.4 Å². The van der Waals surface area contributed by atoms with Crippen molar-refractivity contribution in [3.63, 3.8) is 0 Å². The molecule has 0 aromatic carbocycles. The van der Waals surface area contributed by atoms with Crippen molar-refractivity contribution in [3.8, 4) is 0 Å². The highest BCUT2D eigenvalue weighted by Crippen LogP contribution is 2.23. The molecule has 11 heteroatoms. The van der Waals surface area contributed by atoms with Gasteiger partial charge >= 0.3 is 5.51 Å². The van der Waals surface area contributed by atoms with Crippen LogP contribution in [0.15, 0.2) is 0 Å². The highest BCUT2D eigenvalue weighted by atomic mass is 32.2. The third-order valence-corrected chi connectivity index (χ3v) is 2.60. The average Bonchev–Trinajstić information content (AvgIpc) is 2.01. The van der Waals surface area contributed by atoms with Crippen molar-refractivity contribution in [1.82, 2.24) is 5.32 Å². The van der Waals surface area contributed by atoms with E-state index in [0.717, 1.165) is 0 Å². The first kappa shape index (κ1) is 18.0. The number of sulfone groups is 1. The summed E-state index contributed by atoms with van der Waals surface area (Å²) in [7, 11) is -7.79. The first-order chi connectivity index (χ1) is 7.04. The summed E-state index contributed by atoms with van der Waals surface area (Å²) < 4.78 is 79.7. The van der Waals surface area contributed by atoms with Gasteiger partial charge in [-0.25, -0.2) is 8.42 Å². The van der Waals surface area contributed by atoms with Crippen molar-refractivity contribution >= 4 is 20.8 Å². The van der Waals surface area contributed by atoms with E-state index in [2.05, 4.69) is 5.32 Å². The van der Waals surface area contributed by atoms with Crippen LogP contribution in [0.25, 0.3) is 0 Å². The van der Waals surface area contributed by atoms with E-state index in [1.165, 1.54) is 0 Å². The van der Waals surface area contributed by atoms with E-state index in [4.69, 9.17) is 8.99 Å². The Hall–Kier alpha value is -0.420. The lowest BCUT2D eigenvalue weighted by molar-refractivity contribution is -0.0435. The minimum absolute atomic E-state index is 0.168. The van der Waals surface area contributed by atoms with Crippen molar-refractivity contribution in [3.05, 3.63) is 0 Å². The number of hydrogen-bond acceptors (Lipinski definition) is 6. The average molecular weight is 287 g/mol. The van der Waals surface area contributed by atoms with E-state index in [0.29, 0.717) is 6.54 Å². The van der Waals surface area contributed by atoms with Gasteiger partial charge in [-0.1, -0.05) is 6.92 Å². The van der Waals surface area contributed by atoms with Crippen molar-refractivity contribution in [1.29, 1.82) is 4.78 Å². The van der Waals surface area contributed by atoms with Crippen LogP contribution in [0.3, 0.4) is 0 Å². The van der Waals surface area contributed by atoms with E-state index < -0.39 is 32.1 Å². The Morgan fingerprint density at radius 2 is 1.75 bits per heavy atom. The van der Waals surface area contributed by atoms with Crippen LogP contribution in [-0.2, 0) is 25.0 Å². The van der Waals surface area contributed by atoms with E-state index in [-0.39, 0.29) is 6.54 Å². The van der Waals surface area contributed by atoms with Gasteiger partial charge in [0, 0.05) is 6.54 Å². The van der Waals surface area contributed by atoms with Gasteiger partial charge < -0.3 is 18.2 Å². The maximum Gasteiger partial charge on any atom is 0.497 e. The first-order valence-electron chi connectivity index (χ1n) is 3.83. The summed E-state index contributed by atoms with van der Waals surface area (Å²) in [6.07, 6.45) is 0. The predicted molar refractivity (Wildman–Crippen MR) is 50.3 cm³/mol. The summed E-state index contributed by atoms with van der Waals surface area (Å²) in [5.41, 5.74) is -5.12. The second-order valence-electron chi connectivity index (χ2n) is 2.34. The number of nitrogens with one attached hydrogen (secondary N) is 2. The normalized spacial score (nSPS) is 12.1. The maximum atomic E-state index is 11.6. The highest BCUT2D eigenvalue weighted by Gasteiger charge is 2.44. The predicted octanol–water partition coefficient (Wildman–Crippen LogP) is 1.13. The smallest absolute Gasteiger partial charge is 0.414 e. The Bertz CT molecular complexity index is 341. The van der Waals surface area contributed by atoms with Gasteiger partial charge in [0.1, 0.15) is 0 Å². The Morgan fingerprint density at radius 3 is 2.00 bits per heavy atom. The van der Waals surface area contributed by atoms with Crippen LogP contribution in [0.4, 0.5) is 17.1 Å². The lowest BCUT2D eigenvalue weighted by Gasteiger charge is -2.07. The largest absolute Gasteiger partial charge is 0.497 e. The van der Waals surface area contributed by atoms with Gasteiger partial charge in [-0.15, -0.1) is 0 Å². The molecule has 0 unspecified atom stereocenters. The molecule has 0 aromatic rings. The first-order valence-corrected chi connectivity index (χ1v) is 6.53. The maximum absolute atomic E-state index is 11.6. The monoisotopic (exact) mass is 287 g/mol. The summed E-state index contributed by atoms with van der Waals surface area (Å²) in [5.74, 6) is -0.898. The standard InChI is InChI=1S/C5H10F3NO2S.FHNOS/c1-2-9-3-4-12(10,11)5(6,7)8;1-4(2)3/h9H,2-4H2,1H3;2H/q;-1. The Morgan fingerprint density at radius 1 is 1.38 bits per heavy atom. The molecule has 2 N–H and O–H groups in total. The molecule has 0 spiro atoms. The Balaban J connectivity index is 0. The van der Waals surface area contributed by atoms with E-state index in [1.807, 2.05) is 0 Å². The molecule has 0 atom stereocenters. The third-order valence-electron chi connectivity index (χ3n) is 1.15.